The van der Waals surface area contributed by atoms with Crippen LogP contribution in [0.1, 0.15) is 12.5 Å². The van der Waals surface area contributed by atoms with Crippen LogP contribution in [0.5, 0.6) is 5.88 Å². The molecule has 7 heteroatoms. The van der Waals surface area contributed by atoms with Gasteiger partial charge in [0.25, 0.3) is 0 Å². The van der Waals surface area contributed by atoms with Crippen LogP contribution in [-0.2, 0) is 6.18 Å². The van der Waals surface area contributed by atoms with Crippen molar-refractivity contribution in [2.45, 2.75) is 13.1 Å². The van der Waals surface area contributed by atoms with Crippen molar-refractivity contribution in [3.8, 4) is 17.1 Å². The Labute approximate surface area is 124 Å². The van der Waals surface area contributed by atoms with E-state index in [0.717, 1.165) is 12.1 Å². The third-order valence-electron chi connectivity index (χ3n) is 3.10. The molecule has 114 valence electrons. The van der Waals surface area contributed by atoms with E-state index in [-0.39, 0.29) is 0 Å². The van der Waals surface area contributed by atoms with Gasteiger partial charge in [-0.25, -0.2) is 9.50 Å². The lowest BCUT2D eigenvalue weighted by molar-refractivity contribution is -0.137. The summed E-state index contributed by atoms with van der Waals surface area (Å²) in [6, 6.07) is 8.31. The number of aromatic nitrogens is 3. The van der Waals surface area contributed by atoms with Crippen LogP contribution in [0.25, 0.3) is 16.9 Å². The number of rotatable bonds is 3. The molecule has 0 spiro atoms. The van der Waals surface area contributed by atoms with E-state index in [4.69, 9.17) is 4.74 Å². The number of hydrogen-bond donors (Lipinski definition) is 0. The molecule has 0 amide bonds. The second-order valence-corrected chi connectivity index (χ2v) is 4.61. The zero-order valence-corrected chi connectivity index (χ0v) is 11.6. The van der Waals surface area contributed by atoms with Gasteiger partial charge in [-0.15, -0.1) is 5.10 Å². The van der Waals surface area contributed by atoms with Crippen LogP contribution in [-0.4, -0.2) is 21.2 Å². The number of imidazole rings is 1. The molecule has 0 aliphatic carbocycles. The molecule has 0 fully saturated rings. The molecule has 0 radical (unpaired) electrons. The maximum absolute atomic E-state index is 12.6. The highest BCUT2D eigenvalue weighted by Crippen LogP contribution is 2.30. The van der Waals surface area contributed by atoms with Gasteiger partial charge < -0.3 is 4.74 Å². The first kappa shape index (κ1) is 14.4. The Kier molecular flexibility index (Phi) is 3.48. The van der Waals surface area contributed by atoms with Crippen molar-refractivity contribution >= 4 is 5.65 Å². The monoisotopic (exact) mass is 307 g/mol. The number of ether oxygens (including phenoxy) is 1. The van der Waals surface area contributed by atoms with E-state index in [2.05, 4.69) is 10.1 Å². The number of halogens is 3. The molecule has 0 N–H and O–H groups in total. The van der Waals surface area contributed by atoms with Crippen molar-refractivity contribution in [3.05, 3.63) is 48.2 Å². The first-order chi connectivity index (χ1) is 10.5. The van der Waals surface area contributed by atoms with Gasteiger partial charge in [0.05, 0.1) is 24.1 Å². The fraction of sp³-hybridized carbons (Fsp3) is 0.200. The van der Waals surface area contributed by atoms with Gasteiger partial charge in [-0.05, 0) is 25.1 Å². The van der Waals surface area contributed by atoms with E-state index in [1.807, 2.05) is 6.92 Å². The number of nitrogens with zero attached hydrogens (tertiary/aromatic N) is 3. The van der Waals surface area contributed by atoms with Crippen LogP contribution in [0.3, 0.4) is 0 Å². The largest absolute Gasteiger partial charge is 0.477 e. The Hall–Kier alpha value is -2.57. The third kappa shape index (κ3) is 2.74. The normalized spacial score (nSPS) is 11.8. The van der Waals surface area contributed by atoms with Gasteiger partial charge in [0, 0.05) is 11.6 Å². The van der Waals surface area contributed by atoms with Gasteiger partial charge in [-0.2, -0.15) is 13.2 Å². The maximum Gasteiger partial charge on any atom is 0.416 e. The molecule has 4 nitrogen and oxygen atoms in total. The topological polar surface area (TPSA) is 39.4 Å². The average Bonchev–Trinajstić information content (AvgIpc) is 2.90. The highest BCUT2D eigenvalue weighted by atomic mass is 19.4. The van der Waals surface area contributed by atoms with Gasteiger partial charge in [-0.1, -0.05) is 12.1 Å². The van der Waals surface area contributed by atoms with Crippen molar-refractivity contribution in [2.24, 2.45) is 0 Å². The summed E-state index contributed by atoms with van der Waals surface area (Å²) in [6.07, 6.45) is -2.69. The van der Waals surface area contributed by atoms with E-state index in [9.17, 15) is 13.2 Å². The molecule has 0 bridgehead atoms. The zero-order valence-electron chi connectivity index (χ0n) is 11.6. The highest BCUT2D eigenvalue weighted by molar-refractivity contribution is 5.62. The number of hydrogen-bond acceptors (Lipinski definition) is 3. The van der Waals surface area contributed by atoms with Crippen molar-refractivity contribution in [2.75, 3.05) is 6.61 Å². The molecule has 0 unspecified atom stereocenters. The zero-order chi connectivity index (χ0) is 15.7. The summed E-state index contributed by atoms with van der Waals surface area (Å²) >= 11 is 0. The van der Waals surface area contributed by atoms with Gasteiger partial charge >= 0.3 is 6.18 Å². The second-order valence-electron chi connectivity index (χ2n) is 4.61. The summed E-state index contributed by atoms with van der Waals surface area (Å²) in [5.74, 6) is 0.464. The lowest BCUT2D eigenvalue weighted by atomic mass is 10.1. The van der Waals surface area contributed by atoms with Gasteiger partial charge in [0.2, 0.25) is 5.88 Å². The van der Waals surface area contributed by atoms with Crippen LogP contribution in [0.4, 0.5) is 13.2 Å². The van der Waals surface area contributed by atoms with E-state index in [0.29, 0.717) is 29.4 Å². The summed E-state index contributed by atoms with van der Waals surface area (Å²) in [6.45, 7) is 2.35. The van der Waals surface area contributed by atoms with E-state index in [1.54, 1.807) is 18.3 Å². The fourth-order valence-electron chi connectivity index (χ4n) is 2.06. The summed E-state index contributed by atoms with van der Waals surface area (Å²) < 4.78 is 44.5. The molecule has 0 atom stereocenters. The van der Waals surface area contributed by atoms with Crippen molar-refractivity contribution in [3.63, 3.8) is 0 Å². The lowest BCUT2D eigenvalue weighted by Gasteiger charge is -2.06. The lowest BCUT2D eigenvalue weighted by Crippen LogP contribution is -2.03. The average molecular weight is 307 g/mol. The fourth-order valence-corrected chi connectivity index (χ4v) is 2.06. The van der Waals surface area contributed by atoms with E-state index >= 15 is 0 Å². The van der Waals surface area contributed by atoms with Crippen LogP contribution in [0, 0.1) is 0 Å². The molecular formula is C15H12F3N3O. The van der Waals surface area contributed by atoms with Crippen molar-refractivity contribution in [1.82, 2.24) is 14.6 Å². The Morgan fingerprint density at radius 3 is 2.45 bits per heavy atom. The van der Waals surface area contributed by atoms with Crippen LogP contribution in [0.2, 0.25) is 0 Å². The first-order valence-electron chi connectivity index (χ1n) is 6.64. The molecule has 0 saturated heterocycles. The predicted molar refractivity (Wildman–Crippen MR) is 74.6 cm³/mol. The predicted octanol–water partition coefficient (Wildman–Crippen LogP) is 3.81. The highest BCUT2D eigenvalue weighted by Gasteiger charge is 2.30. The Bertz CT molecular complexity index is 794. The molecule has 22 heavy (non-hydrogen) atoms. The summed E-state index contributed by atoms with van der Waals surface area (Å²) in [5, 5.41) is 4.22. The minimum Gasteiger partial charge on any atom is -0.477 e. The number of alkyl halides is 3. The van der Waals surface area contributed by atoms with E-state index in [1.165, 1.54) is 16.6 Å². The standard InChI is InChI=1S/C15H12F3N3O/c1-2-22-14-8-7-13-19-12(9-21(13)20-14)10-3-5-11(6-4-10)15(16,17)18/h3-9H,2H2,1H3. The molecule has 0 aliphatic heterocycles. The molecule has 3 rings (SSSR count). The SMILES string of the molecule is CCOc1ccc2nc(-c3ccc(C(F)(F)F)cc3)cn2n1. The summed E-state index contributed by atoms with van der Waals surface area (Å²) in [4.78, 5) is 4.34. The summed E-state index contributed by atoms with van der Waals surface area (Å²) in [5.41, 5.74) is 1.06. The third-order valence-corrected chi connectivity index (χ3v) is 3.10. The number of benzene rings is 1. The number of fused-ring (bicyclic) bond motifs is 1. The van der Waals surface area contributed by atoms with Gasteiger partial charge in [0.15, 0.2) is 5.65 Å². The molecule has 2 aromatic heterocycles. The van der Waals surface area contributed by atoms with Crippen LogP contribution >= 0.6 is 0 Å². The Morgan fingerprint density at radius 1 is 1.09 bits per heavy atom. The van der Waals surface area contributed by atoms with Crippen molar-refractivity contribution < 1.29 is 17.9 Å². The van der Waals surface area contributed by atoms with E-state index < -0.39 is 11.7 Å². The Balaban J connectivity index is 1.96. The minimum atomic E-state index is -4.34. The van der Waals surface area contributed by atoms with Crippen molar-refractivity contribution in [1.29, 1.82) is 0 Å². The smallest absolute Gasteiger partial charge is 0.416 e. The quantitative estimate of drug-likeness (QED) is 0.738. The van der Waals surface area contributed by atoms with Gasteiger partial charge in [-0.3, -0.25) is 0 Å². The molecule has 2 heterocycles. The second kappa shape index (κ2) is 5.32. The molecule has 0 aliphatic rings. The molecule has 3 aromatic rings. The Morgan fingerprint density at radius 2 is 1.82 bits per heavy atom. The first-order valence-corrected chi connectivity index (χ1v) is 6.64. The summed E-state index contributed by atoms with van der Waals surface area (Å²) in [7, 11) is 0. The molecule has 1 aromatic carbocycles. The van der Waals surface area contributed by atoms with Gasteiger partial charge in [0.1, 0.15) is 0 Å². The van der Waals surface area contributed by atoms with Crippen LogP contribution < -0.4 is 4.74 Å². The molecule has 0 saturated carbocycles. The maximum atomic E-state index is 12.6. The minimum absolute atomic E-state index is 0.464. The van der Waals surface area contributed by atoms with Crippen LogP contribution in [0.15, 0.2) is 42.6 Å². The molecular weight excluding hydrogens is 295 g/mol.